The van der Waals surface area contributed by atoms with Crippen molar-refractivity contribution in [2.75, 3.05) is 25.0 Å². The van der Waals surface area contributed by atoms with Gasteiger partial charge in [-0.25, -0.2) is 0 Å². The van der Waals surface area contributed by atoms with Crippen LogP contribution in [0.15, 0.2) is 28.8 Å². The second-order valence-corrected chi connectivity index (χ2v) is 6.70. The van der Waals surface area contributed by atoms with Crippen LogP contribution in [0.4, 0.5) is 5.69 Å². The average Bonchev–Trinajstić information content (AvgIpc) is 3.11. The van der Waals surface area contributed by atoms with Gasteiger partial charge in [-0.3, -0.25) is 4.79 Å². The van der Waals surface area contributed by atoms with Gasteiger partial charge in [-0.15, -0.1) is 0 Å². The number of carbonyl (C=O) groups excluding carboxylic acids is 1. The van der Waals surface area contributed by atoms with Crippen LogP contribution in [-0.2, 0) is 6.54 Å². The predicted molar refractivity (Wildman–Crippen MR) is 90.0 cm³/mol. The van der Waals surface area contributed by atoms with E-state index in [-0.39, 0.29) is 5.91 Å². The Hall–Kier alpha value is -2.37. The summed E-state index contributed by atoms with van der Waals surface area (Å²) in [6, 6.07) is 7.84. The maximum atomic E-state index is 12.9. The summed E-state index contributed by atoms with van der Waals surface area (Å²) in [5, 5.41) is 4.00. The molecule has 0 atom stereocenters. The lowest BCUT2D eigenvalue weighted by atomic mass is 10.1. The number of rotatable bonds is 5. The summed E-state index contributed by atoms with van der Waals surface area (Å²) in [4.78, 5) is 21.3. The van der Waals surface area contributed by atoms with Gasteiger partial charge in [0.1, 0.15) is 0 Å². The van der Waals surface area contributed by atoms with Crippen molar-refractivity contribution in [3.8, 4) is 0 Å². The van der Waals surface area contributed by atoms with Crippen LogP contribution in [0.1, 0.15) is 53.7 Å². The van der Waals surface area contributed by atoms with E-state index in [9.17, 15) is 4.79 Å². The van der Waals surface area contributed by atoms with Gasteiger partial charge in [0.05, 0.1) is 12.1 Å². The van der Waals surface area contributed by atoms with Gasteiger partial charge in [0.2, 0.25) is 5.89 Å². The lowest BCUT2D eigenvalue weighted by molar-refractivity contribution is 0.0781. The number of para-hydroxylation sites is 1. The first-order chi connectivity index (χ1) is 11.7. The molecule has 6 nitrogen and oxygen atoms in total. The molecule has 2 aromatic rings. The Balaban J connectivity index is 1.49. The van der Waals surface area contributed by atoms with Crippen LogP contribution in [0.2, 0.25) is 0 Å². The van der Waals surface area contributed by atoms with Crippen LogP contribution >= 0.6 is 0 Å². The van der Waals surface area contributed by atoms with E-state index in [4.69, 9.17) is 4.52 Å². The summed E-state index contributed by atoms with van der Waals surface area (Å²) in [6.45, 7) is 2.40. The molecule has 0 bridgehead atoms. The lowest BCUT2D eigenvalue weighted by Crippen LogP contribution is -2.29. The highest BCUT2D eigenvalue weighted by molar-refractivity contribution is 5.99. The van der Waals surface area contributed by atoms with Gasteiger partial charge < -0.3 is 14.3 Å². The van der Waals surface area contributed by atoms with Crippen LogP contribution in [0.5, 0.6) is 0 Å². The number of hydrogen-bond acceptors (Lipinski definition) is 5. The number of benzene rings is 1. The summed E-state index contributed by atoms with van der Waals surface area (Å²) in [7, 11) is 1.79. The molecule has 6 heteroatoms. The molecular formula is C18H22N4O2. The van der Waals surface area contributed by atoms with Gasteiger partial charge in [-0.05, 0) is 37.8 Å². The van der Waals surface area contributed by atoms with Crippen molar-refractivity contribution in [1.82, 2.24) is 15.0 Å². The summed E-state index contributed by atoms with van der Waals surface area (Å²) in [5.74, 6) is 1.72. The van der Waals surface area contributed by atoms with E-state index in [1.54, 1.807) is 11.9 Å². The molecule has 0 spiro atoms. The fourth-order valence-electron chi connectivity index (χ4n) is 3.21. The normalized spacial score (nSPS) is 17.3. The SMILES string of the molecule is CN(Cc1noc(C2CC2)n1)C(=O)c1ccccc1N1CCCC1. The molecule has 0 N–H and O–H groups in total. The Morgan fingerprint density at radius 2 is 2.04 bits per heavy atom. The molecule has 1 aliphatic heterocycles. The number of hydrogen-bond donors (Lipinski definition) is 0. The van der Waals surface area contributed by atoms with E-state index in [2.05, 4.69) is 15.0 Å². The van der Waals surface area contributed by atoms with Crippen molar-refractivity contribution in [1.29, 1.82) is 0 Å². The predicted octanol–water partition coefficient (Wildman–Crippen LogP) is 2.82. The second-order valence-electron chi connectivity index (χ2n) is 6.70. The Bertz CT molecular complexity index is 732. The topological polar surface area (TPSA) is 62.5 Å². The smallest absolute Gasteiger partial charge is 0.256 e. The number of aromatic nitrogens is 2. The van der Waals surface area contributed by atoms with Gasteiger partial charge >= 0.3 is 0 Å². The molecule has 1 aromatic carbocycles. The maximum absolute atomic E-state index is 12.9. The fraction of sp³-hybridized carbons (Fsp3) is 0.500. The summed E-state index contributed by atoms with van der Waals surface area (Å²) >= 11 is 0. The lowest BCUT2D eigenvalue weighted by Gasteiger charge is -2.23. The third-order valence-electron chi connectivity index (χ3n) is 4.72. The first-order valence-corrected chi connectivity index (χ1v) is 8.64. The summed E-state index contributed by atoms with van der Waals surface area (Å²) < 4.78 is 5.27. The molecule has 1 amide bonds. The van der Waals surface area contributed by atoms with Gasteiger partial charge in [-0.2, -0.15) is 4.98 Å². The van der Waals surface area contributed by atoms with Gasteiger partial charge in [0.25, 0.3) is 5.91 Å². The molecule has 0 radical (unpaired) electrons. The first kappa shape index (κ1) is 15.2. The highest BCUT2D eigenvalue weighted by atomic mass is 16.5. The van der Waals surface area contributed by atoms with Crippen LogP contribution < -0.4 is 4.90 Å². The van der Waals surface area contributed by atoms with Gasteiger partial charge in [0.15, 0.2) is 5.82 Å². The molecule has 1 saturated heterocycles. The largest absolute Gasteiger partial charge is 0.371 e. The van der Waals surface area contributed by atoms with E-state index >= 15 is 0 Å². The molecule has 4 rings (SSSR count). The Morgan fingerprint density at radius 3 is 2.79 bits per heavy atom. The summed E-state index contributed by atoms with van der Waals surface area (Å²) in [6.07, 6.45) is 4.62. The third kappa shape index (κ3) is 3.00. The van der Waals surface area contributed by atoms with Crippen molar-refractivity contribution >= 4 is 11.6 Å². The number of anilines is 1. The Morgan fingerprint density at radius 1 is 1.29 bits per heavy atom. The summed E-state index contributed by atoms with van der Waals surface area (Å²) in [5.41, 5.74) is 1.77. The monoisotopic (exact) mass is 326 g/mol. The first-order valence-electron chi connectivity index (χ1n) is 8.64. The van der Waals surface area contributed by atoms with Crippen molar-refractivity contribution < 1.29 is 9.32 Å². The molecule has 24 heavy (non-hydrogen) atoms. The molecule has 1 saturated carbocycles. The van der Waals surface area contributed by atoms with Crippen molar-refractivity contribution in [2.45, 2.75) is 38.1 Å². The molecule has 2 fully saturated rings. The van der Waals surface area contributed by atoms with Crippen LogP contribution in [0, 0.1) is 0 Å². The minimum atomic E-state index is -0.00438. The molecule has 2 heterocycles. The standard InChI is InChI=1S/C18H22N4O2/c1-21(12-16-19-17(24-20-16)13-8-9-13)18(23)14-6-2-3-7-15(14)22-10-4-5-11-22/h2-3,6-7,13H,4-5,8-12H2,1H3. The van der Waals surface area contributed by atoms with E-state index in [1.807, 2.05) is 24.3 Å². The minimum Gasteiger partial charge on any atom is -0.371 e. The second kappa shape index (κ2) is 6.26. The van der Waals surface area contributed by atoms with Crippen LogP contribution in [-0.4, -0.2) is 41.1 Å². The minimum absolute atomic E-state index is 0.00438. The fourth-order valence-corrected chi connectivity index (χ4v) is 3.21. The number of amides is 1. The van der Waals surface area contributed by atoms with E-state index < -0.39 is 0 Å². The zero-order valence-electron chi connectivity index (χ0n) is 13.9. The van der Waals surface area contributed by atoms with E-state index in [0.29, 0.717) is 24.2 Å². The molecule has 126 valence electrons. The molecule has 1 aliphatic carbocycles. The van der Waals surface area contributed by atoms with Crippen molar-refractivity contribution in [3.63, 3.8) is 0 Å². The quantitative estimate of drug-likeness (QED) is 0.845. The van der Waals surface area contributed by atoms with Crippen LogP contribution in [0.3, 0.4) is 0 Å². The number of nitrogens with zero attached hydrogens (tertiary/aromatic N) is 4. The zero-order chi connectivity index (χ0) is 16.5. The Labute approximate surface area is 141 Å². The van der Waals surface area contributed by atoms with Crippen molar-refractivity contribution in [3.05, 3.63) is 41.5 Å². The molecule has 2 aliphatic rings. The third-order valence-corrected chi connectivity index (χ3v) is 4.72. The maximum Gasteiger partial charge on any atom is 0.256 e. The van der Waals surface area contributed by atoms with Crippen molar-refractivity contribution in [2.24, 2.45) is 0 Å². The average molecular weight is 326 g/mol. The Kier molecular flexibility index (Phi) is 3.96. The van der Waals surface area contributed by atoms with Crippen LogP contribution in [0.25, 0.3) is 0 Å². The molecular weight excluding hydrogens is 304 g/mol. The number of carbonyl (C=O) groups is 1. The molecule has 0 unspecified atom stereocenters. The van der Waals surface area contributed by atoms with E-state index in [1.165, 1.54) is 12.8 Å². The highest BCUT2D eigenvalue weighted by Crippen LogP contribution is 2.38. The van der Waals surface area contributed by atoms with Gasteiger partial charge in [0, 0.05) is 31.7 Å². The van der Waals surface area contributed by atoms with E-state index in [0.717, 1.165) is 37.2 Å². The van der Waals surface area contributed by atoms with Gasteiger partial charge in [-0.1, -0.05) is 17.3 Å². The highest BCUT2D eigenvalue weighted by Gasteiger charge is 2.30. The molecule has 1 aromatic heterocycles. The zero-order valence-corrected chi connectivity index (χ0v) is 13.9.